The lowest BCUT2D eigenvalue weighted by Gasteiger charge is -2.30. The second kappa shape index (κ2) is 9.14. The maximum absolute atomic E-state index is 12.3. The lowest BCUT2D eigenvalue weighted by molar-refractivity contribution is -0.126. The van der Waals surface area contributed by atoms with E-state index in [2.05, 4.69) is 27.3 Å². The first-order valence-corrected chi connectivity index (χ1v) is 9.62. The minimum absolute atomic E-state index is 0.0379. The molecule has 1 saturated heterocycles. The molecule has 3 rings (SSSR count). The summed E-state index contributed by atoms with van der Waals surface area (Å²) in [6.45, 7) is 5.11. The zero-order chi connectivity index (χ0) is 18.4. The molecule has 1 amide bonds. The van der Waals surface area contributed by atoms with Gasteiger partial charge in [-0.3, -0.25) is 9.69 Å². The van der Waals surface area contributed by atoms with Gasteiger partial charge in [-0.15, -0.1) is 0 Å². The molecule has 140 valence electrons. The molecule has 0 bridgehead atoms. The maximum atomic E-state index is 12.3. The van der Waals surface area contributed by atoms with Crippen molar-refractivity contribution < 1.29 is 9.32 Å². The van der Waals surface area contributed by atoms with E-state index in [0.717, 1.165) is 50.9 Å². The molecule has 6 nitrogen and oxygen atoms in total. The number of likely N-dealkylation sites (tertiary alicyclic amines) is 1. The lowest BCUT2D eigenvalue weighted by Crippen LogP contribution is -2.42. The number of carbonyl (C=O) groups is 1. The molecule has 1 atom stereocenters. The molecule has 1 aromatic heterocycles. The van der Waals surface area contributed by atoms with Crippen LogP contribution in [0.2, 0.25) is 5.02 Å². The van der Waals surface area contributed by atoms with E-state index in [9.17, 15) is 4.79 Å². The molecule has 2 heterocycles. The molecular weight excluding hydrogens is 352 g/mol. The predicted octanol–water partition coefficient (Wildman–Crippen LogP) is 3.52. The van der Waals surface area contributed by atoms with Crippen LogP contribution in [0.15, 0.2) is 28.8 Å². The van der Waals surface area contributed by atoms with Crippen molar-refractivity contribution >= 4 is 17.5 Å². The number of unbranched alkanes of at least 4 members (excludes halogenated alkanes) is 1. The molecule has 7 heteroatoms. The monoisotopic (exact) mass is 376 g/mol. The summed E-state index contributed by atoms with van der Waals surface area (Å²) in [5.41, 5.74) is 0.833. The number of aromatic nitrogens is 2. The van der Waals surface area contributed by atoms with E-state index in [1.807, 2.05) is 24.3 Å². The Morgan fingerprint density at radius 3 is 3.15 bits per heavy atom. The van der Waals surface area contributed by atoms with Crippen LogP contribution < -0.4 is 5.32 Å². The first-order chi connectivity index (χ1) is 12.7. The van der Waals surface area contributed by atoms with Crippen LogP contribution in [0.5, 0.6) is 0 Å². The van der Waals surface area contributed by atoms with Crippen LogP contribution in [0, 0.1) is 5.92 Å². The Kier molecular flexibility index (Phi) is 6.63. The van der Waals surface area contributed by atoms with Gasteiger partial charge in [0.2, 0.25) is 17.6 Å². The van der Waals surface area contributed by atoms with E-state index in [0.29, 0.717) is 23.3 Å². The number of benzene rings is 1. The number of halogens is 1. The highest BCUT2D eigenvalue weighted by Crippen LogP contribution is 2.22. The van der Waals surface area contributed by atoms with E-state index in [4.69, 9.17) is 16.1 Å². The Hall–Kier alpha value is -1.92. The maximum Gasteiger partial charge on any atom is 0.241 e. The normalized spacial score (nSPS) is 18.0. The molecule has 2 aromatic rings. The number of hydrogen-bond donors (Lipinski definition) is 1. The zero-order valence-corrected chi connectivity index (χ0v) is 15.8. The molecular formula is C19H25ClN4O2. The number of amides is 1. The van der Waals surface area contributed by atoms with Crippen molar-refractivity contribution in [3.8, 4) is 11.4 Å². The van der Waals surface area contributed by atoms with Gasteiger partial charge in [0.05, 0.1) is 12.5 Å². The van der Waals surface area contributed by atoms with Gasteiger partial charge in [-0.05, 0) is 37.9 Å². The smallest absolute Gasteiger partial charge is 0.241 e. The Morgan fingerprint density at radius 2 is 2.35 bits per heavy atom. The molecule has 26 heavy (non-hydrogen) atoms. The Balaban J connectivity index is 1.56. The van der Waals surface area contributed by atoms with Crippen molar-refractivity contribution in [1.29, 1.82) is 0 Å². The summed E-state index contributed by atoms with van der Waals surface area (Å²) in [7, 11) is 0. The first-order valence-electron chi connectivity index (χ1n) is 9.24. The van der Waals surface area contributed by atoms with Gasteiger partial charge in [-0.2, -0.15) is 4.98 Å². The average Bonchev–Trinajstić information content (AvgIpc) is 3.10. The fourth-order valence-electron chi connectivity index (χ4n) is 3.20. The average molecular weight is 377 g/mol. The van der Waals surface area contributed by atoms with Crippen molar-refractivity contribution in [2.24, 2.45) is 5.92 Å². The summed E-state index contributed by atoms with van der Waals surface area (Å²) in [5.74, 6) is 1.30. The standard InChI is InChI=1S/C19H25ClN4O2/c1-2-3-9-21-19(25)15-7-5-10-24(12-15)13-17-22-18(23-26-17)14-6-4-8-16(20)11-14/h4,6,8,11,15H,2-3,5,7,9-10,12-13H2,1H3,(H,21,25). The Morgan fingerprint density at radius 1 is 1.46 bits per heavy atom. The predicted molar refractivity (Wildman–Crippen MR) is 101 cm³/mol. The van der Waals surface area contributed by atoms with Gasteiger partial charge in [-0.1, -0.05) is 42.2 Å². The molecule has 0 radical (unpaired) electrons. The SMILES string of the molecule is CCCCNC(=O)C1CCCN(Cc2nc(-c3cccc(Cl)c3)no2)C1. The van der Waals surface area contributed by atoms with Gasteiger partial charge in [0, 0.05) is 23.7 Å². The topological polar surface area (TPSA) is 71.3 Å². The van der Waals surface area contributed by atoms with Crippen molar-refractivity contribution in [2.45, 2.75) is 39.2 Å². The lowest BCUT2D eigenvalue weighted by atomic mass is 9.97. The van der Waals surface area contributed by atoms with Crippen LogP contribution in [0.1, 0.15) is 38.5 Å². The highest BCUT2D eigenvalue weighted by molar-refractivity contribution is 6.30. The molecule has 1 fully saturated rings. The number of rotatable bonds is 7. The summed E-state index contributed by atoms with van der Waals surface area (Å²) in [5, 5.41) is 7.73. The fraction of sp³-hybridized carbons (Fsp3) is 0.526. The minimum atomic E-state index is 0.0379. The molecule has 0 spiro atoms. The highest BCUT2D eigenvalue weighted by Gasteiger charge is 2.26. The number of nitrogens with zero attached hydrogens (tertiary/aromatic N) is 3. The second-order valence-electron chi connectivity index (χ2n) is 6.74. The number of nitrogens with one attached hydrogen (secondary N) is 1. The number of piperidine rings is 1. The largest absolute Gasteiger partial charge is 0.356 e. The van der Waals surface area contributed by atoms with Crippen LogP contribution in [0.3, 0.4) is 0 Å². The molecule has 1 aromatic carbocycles. The van der Waals surface area contributed by atoms with E-state index in [1.54, 1.807) is 0 Å². The van der Waals surface area contributed by atoms with Gasteiger partial charge in [0.1, 0.15) is 0 Å². The van der Waals surface area contributed by atoms with E-state index in [-0.39, 0.29) is 11.8 Å². The van der Waals surface area contributed by atoms with Gasteiger partial charge in [0.25, 0.3) is 0 Å². The summed E-state index contributed by atoms with van der Waals surface area (Å²) in [6, 6.07) is 7.39. The molecule has 1 N–H and O–H groups in total. The summed E-state index contributed by atoms with van der Waals surface area (Å²) < 4.78 is 5.39. The van der Waals surface area contributed by atoms with Crippen LogP contribution in [-0.4, -0.2) is 40.6 Å². The van der Waals surface area contributed by atoms with Crippen molar-refractivity contribution in [2.75, 3.05) is 19.6 Å². The Bertz CT molecular complexity index is 734. The molecule has 0 aliphatic carbocycles. The van der Waals surface area contributed by atoms with Gasteiger partial charge < -0.3 is 9.84 Å². The van der Waals surface area contributed by atoms with Crippen LogP contribution in [-0.2, 0) is 11.3 Å². The third-order valence-corrected chi connectivity index (χ3v) is 4.85. The van der Waals surface area contributed by atoms with Crippen molar-refractivity contribution in [3.05, 3.63) is 35.2 Å². The van der Waals surface area contributed by atoms with Crippen molar-refractivity contribution in [3.63, 3.8) is 0 Å². The molecule has 1 aliphatic rings. The van der Waals surface area contributed by atoms with Gasteiger partial charge >= 0.3 is 0 Å². The first kappa shape index (κ1) is 18.9. The third-order valence-electron chi connectivity index (χ3n) is 4.62. The number of hydrogen-bond acceptors (Lipinski definition) is 5. The molecule has 1 aliphatic heterocycles. The van der Waals surface area contributed by atoms with Crippen LogP contribution >= 0.6 is 11.6 Å². The quantitative estimate of drug-likeness (QED) is 0.748. The fourth-order valence-corrected chi connectivity index (χ4v) is 3.39. The van der Waals surface area contributed by atoms with E-state index >= 15 is 0 Å². The van der Waals surface area contributed by atoms with Crippen LogP contribution in [0.25, 0.3) is 11.4 Å². The third kappa shape index (κ3) is 5.05. The zero-order valence-electron chi connectivity index (χ0n) is 15.1. The highest BCUT2D eigenvalue weighted by atomic mass is 35.5. The minimum Gasteiger partial charge on any atom is -0.356 e. The van der Waals surface area contributed by atoms with Gasteiger partial charge in [0.15, 0.2) is 0 Å². The Labute approximate surface area is 158 Å². The van der Waals surface area contributed by atoms with E-state index in [1.165, 1.54) is 0 Å². The van der Waals surface area contributed by atoms with Gasteiger partial charge in [-0.25, -0.2) is 0 Å². The summed E-state index contributed by atoms with van der Waals surface area (Å²) >= 11 is 6.02. The number of carbonyl (C=O) groups excluding carboxylic acids is 1. The second-order valence-corrected chi connectivity index (χ2v) is 7.18. The summed E-state index contributed by atoms with van der Waals surface area (Å²) in [4.78, 5) is 19.0. The molecule has 1 unspecified atom stereocenters. The van der Waals surface area contributed by atoms with Crippen molar-refractivity contribution in [1.82, 2.24) is 20.4 Å². The summed E-state index contributed by atoms with van der Waals surface area (Å²) in [6.07, 6.45) is 4.05. The van der Waals surface area contributed by atoms with Crippen LogP contribution in [0.4, 0.5) is 0 Å². The van der Waals surface area contributed by atoms with E-state index < -0.39 is 0 Å². The molecule has 0 saturated carbocycles.